The van der Waals surface area contributed by atoms with E-state index < -0.39 is 13.5 Å². The van der Waals surface area contributed by atoms with Crippen LogP contribution in [0, 0.1) is 13.8 Å². The van der Waals surface area contributed by atoms with Crippen LogP contribution < -0.4 is 30.4 Å². The van der Waals surface area contributed by atoms with Gasteiger partial charge < -0.3 is 9.64 Å². The SMILES string of the molecule is Cc1ccc2c(c1)C1(c3cc(C)ccc3O2)c2ccccc2N(c2ccc3c(c2)[Si]2(c4ccccc4-c4ccccc42)c2ccccc2-3)c2cc3c(cc21)-c1ccccc1C3(C)C. The fourth-order valence-electron chi connectivity index (χ4n) is 12.9. The van der Waals surface area contributed by atoms with E-state index in [0.717, 1.165) is 11.5 Å². The molecule has 63 heavy (non-hydrogen) atoms. The molecular formula is C60H43NOSi. The predicted octanol–water partition coefficient (Wildman–Crippen LogP) is 12.2. The fraction of sp³-hybridized carbons (Fsp3) is 0.100. The highest BCUT2D eigenvalue weighted by Crippen LogP contribution is 2.65. The lowest BCUT2D eigenvalue weighted by molar-refractivity contribution is 0.433. The second-order valence-electron chi connectivity index (χ2n) is 18.9. The normalized spacial score (nSPS) is 16.1. The Morgan fingerprint density at radius 1 is 0.381 bits per heavy atom. The lowest BCUT2D eigenvalue weighted by Gasteiger charge is -2.49. The molecule has 0 fully saturated rings. The van der Waals surface area contributed by atoms with Crippen molar-refractivity contribution >= 4 is 45.9 Å². The summed E-state index contributed by atoms with van der Waals surface area (Å²) in [4.78, 5) is 2.62. The number of rotatable bonds is 1. The standard InChI is InChI=1S/C60H43NOSi/c1-36-25-29-53-49(31-36)60(50-32-37(2)26-30-54(50)62-53)46-20-10-11-21-51(46)61(52-35-47-44(34-48(52)60)39-15-5-9-19-45(39)59(47,3)4)38-27-28-43-42-18-8-14-24-57(42)63(58(43)33-38)55-22-12-6-16-40(55)41-17-7-13-23-56(41)63/h5-35H,1-4H3. The minimum Gasteiger partial charge on any atom is -0.457 e. The Morgan fingerprint density at radius 2 is 0.905 bits per heavy atom. The Bertz CT molecular complexity index is 3410. The molecule has 2 nitrogen and oxygen atoms in total. The van der Waals surface area contributed by atoms with Crippen molar-refractivity contribution in [3.8, 4) is 44.9 Å². The van der Waals surface area contributed by atoms with Gasteiger partial charge in [0.25, 0.3) is 0 Å². The highest BCUT2D eigenvalue weighted by atomic mass is 28.3. The first-order valence-corrected chi connectivity index (χ1v) is 24.3. The molecule has 0 saturated heterocycles. The fourth-order valence-corrected chi connectivity index (χ4v) is 18.5. The van der Waals surface area contributed by atoms with Crippen LogP contribution in [0.2, 0.25) is 0 Å². The summed E-state index contributed by atoms with van der Waals surface area (Å²) < 4.78 is 6.92. The summed E-state index contributed by atoms with van der Waals surface area (Å²) in [7, 11) is -2.70. The molecule has 3 heteroatoms. The van der Waals surface area contributed by atoms with Gasteiger partial charge in [-0.25, -0.2) is 0 Å². The largest absolute Gasteiger partial charge is 0.457 e. The summed E-state index contributed by atoms with van der Waals surface area (Å²) in [5, 5.41) is 5.95. The molecule has 4 heterocycles. The van der Waals surface area contributed by atoms with E-state index in [0.29, 0.717) is 0 Å². The first-order valence-electron chi connectivity index (χ1n) is 22.3. The summed E-state index contributed by atoms with van der Waals surface area (Å²) in [6, 6.07) is 72.2. The molecule has 9 aromatic carbocycles. The van der Waals surface area contributed by atoms with Gasteiger partial charge in [0.15, 0.2) is 8.07 Å². The van der Waals surface area contributed by atoms with Crippen molar-refractivity contribution in [2.75, 3.05) is 4.90 Å². The van der Waals surface area contributed by atoms with Gasteiger partial charge in [-0.05, 0) is 133 Å². The van der Waals surface area contributed by atoms with Crippen LogP contribution in [0.1, 0.15) is 58.4 Å². The molecule has 298 valence electrons. The third-order valence-corrected chi connectivity index (χ3v) is 20.4. The maximum Gasteiger partial charge on any atom is 0.182 e. The van der Waals surface area contributed by atoms with Gasteiger partial charge in [-0.15, -0.1) is 0 Å². The zero-order valence-corrected chi connectivity index (χ0v) is 36.8. The Balaban J connectivity index is 1.12. The van der Waals surface area contributed by atoms with E-state index >= 15 is 0 Å². The van der Waals surface area contributed by atoms with Crippen LogP contribution in [0.3, 0.4) is 0 Å². The van der Waals surface area contributed by atoms with Crippen molar-refractivity contribution < 1.29 is 4.74 Å². The Kier molecular flexibility index (Phi) is 6.76. The van der Waals surface area contributed by atoms with E-state index in [9.17, 15) is 0 Å². The van der Waals surface area contributed by atoms with Crippen molar-refractivity contribution in [1.82, 2.24) is 0 Å². The summed E-state index contributed by atoms with van der Waals surface area (Å²) in [5.74, 6) is 1.82. The van der Waals surface area contributed by atoms with E-state index in [4.69, 9.17) is 4.74 Å². The molecule has 5 aliphatic rings. The molecule has 14 rings (SSSR count). The van der Waals surface area contributed by atoms with Gasteiger partial charge in [0.05, 0.1) is 16.8 Å². The molecule has 0 bridgehead atoms. The maximum absolute atomic E-state index is 6.92. The quantitative estimate of drug-likeness (QED) is 0.153. The van der Waals surface area contributed by atoms with Gasteiger partial charge in [-0.2, -0.15) is 0 Å². The molecular weight excluding hydrogens is 779 g/mol. The smallest absolute Gasteiger partial charge is 0.182 e. The van der Waals surface area contributed by atoms with Gasteiger partial charge in [-0.1, -0.05) is 171 Å². The van der Waals surface area contributed by atoms with Crippen molar-refractivity contribution in [2.24, 2.45) is 0 Å². The second kappa shape index (κ2) is 12.0. The number of ether oxygens (including phenoxy) is 1. The molecule has 0 unspecified atom stereocenters. The van der Waals surface area contributed by atoms with Crippen LogP contribution >= 0.6 is 0 Å². The van der Waals surface area contributed by atoms with E-state index in [1.54, 1.807) is 0 Å². The topological polar surface area (TPSA) is 12.5 Å². The van der Waals surface area contributed by atoms with E-state index in [1.165, 1.54) is 116 Å². The first-order chi connectivity index (χ1) is 30.8. The molecule has 0 saturated carbocycles. The number of benzene rings is 9. The monoisotopic (exact) mass is 821 g/mol. The number of aryl methyl sites for hydroxylation is 2. The molecule has 0 radical (unpaired) electrons. The van der Waals surface area contributed by atoms with Crippen molar-refractivity contribution in [1.29, 1.82) is 0 Å². The molecule has 4 aliphatic heterocycles. The molecule has 0 atom stereocenters. The van der Waals surface area contributed by atoms with Crippen LogP contribution in [-0.2, 0) is 10.8 Å². The number of fused-ring (bicyclic) bond motifs is 21. The van der Waals surface area contributed by atoms with Gasteiger partial charge in [0, 0.05) is 22.2 Å². The molecule has 9 aromatic rings. The van der Waals surface area contributed by atoms with Gasteiger partial charge in [0.2, 0.25) is 0 Å². The van der Waals surface area contributed by atoms with E-state index in [-0.39, 0.29) is 5.41 Å². The third-order valence-electron chi connectivity index (χ3n) is 15.4. The number of hydrogen-bond acceptors (Lipinski definition) is 2. The van der Waals surface area contributed by atoms with Crippen LogP contribution in [0.25, 0.3) is 33.4 Å². The van der Waals surface area contributed by atoms with Crippen LogP contribution in [0.5, 0.6) is 11.5 Å². The van der Waals surface area contributed by atoms with Crippen LogP contribution in [0.15, 0.2) is 188 Å². The van der Waals surface area contributed by atoms with Crippen LogP contribution in [0.4, 0.5) is 17.1 Å². The lowest BCUT2D eigenvalue weighted by atomic mass is 9.60. The number of hydrogen-bond donors (Lipinski definition) is 0. The third kappa shape index (κ3) is 4.20. The highest BCUT2D eigenvalue weighted by molar-refractivity contribution is 7.24. The number of para-hydroxylation sites is 1. The highest BCUT2D eigenvalue weighted by Gasteiger charge is 2.56. The number of nitrogens with zero attached hydrogens (tertiary/aromatic N) is 1. The maximum atomic E-state index is 6.92. The van der Waals surface area contributed by atoms with Gasteiger partial charge >= 0.3 is 0 Å². The van der Waals surface area contributed by atoms with Crippen molar-refractivity contribution in [3.63, 3.8) is 0 Å². The number of anilines is 3. The Hall–Kier alpha value is -7.20. The molecule has 0 amide bonds. The van der Waals surface area contributed by atoms with Gasteiger partial charge in [-0.3, -0.25) is 0 Å². The van der Waals surface area contributed by atoms with E-state index in [1.807, 2.05) is 0 Å². The second-order valence-corrected chi connectivity index (χ2v) is 22.6. The minimum atomic E-state index is -2.70. The molecule has 0 aromatic heterocycles. The average molecular weight is 822 g/mol. The minimum absolute atomic E-state index is 0.191. The summed E-state index contributed by atoms with van der Waals surface area (Å²) in [6.45, 7) is 9.24. The summed E-state index contributed by atoms with van der Waals surface area (Å²) in [5.41, 5.74) is 21.0. The van der Waals surface area contributed by atoms with Crippen molar-refractivity contribution in [3.05, 3.63) is 233 Å². The molecule has 1 aliphatic carbocycles. The summed E-state index contributed by atoms with van der Waals surface area (Å²) in [6.07, 6.45) is 0. The summed E-state index contributed by atoms with van der Waals surface area (Å²) >= 11 is 0. The molecule has 0 N–H and O–H groups in total. The Morgan fingerprint density at radius 3 is 1.52 bits per heavy atom. The first kappa shape index (κ1) is 35.4. The predicted molar refractivity (Wildman–Crippen MR) is 262 cm³/mol. The zero-order chi connectivity index (χ0) is 42.0. The average Bonchev–Trinajstić information content (AvgIpc) is 3.87. The Labute approximate surface area is 369 Å². The van der Waals surface area contributed by atoms with Crippen molar-refractivity contribution in [2.45, 2.75) is 38.5 Å². The van der Waals surface area contributed by atoms with E-state index in [2.05, 4.69) is 221 Å². The zero-order valence-electron chi connectivity index (χ0n) is 35.8. The van der Waals surface area contributed by atoms with Crippen LogP contribution in [-0.4, -0.2) is 8.07 Å². The van der Waals surface area contributed by atoms with Gasteiger partial charge in [0.1, 0.15) is 11.5 Å². The lowest BCUT2D eigenvalue weighted by Crippen LogP contribution is -2.70. The molecule has 2 spiro atoms.